The van der Waals surface area contributed by atoms with Crippen molar-refractivity contribution in [2.75, 3.05) is 5.73 Å². The molecule has 86 valence electrons. The quantitative estimate of drug-likeness (QED) is 0.845. The predicted molar refractivity (Wildman–Crippen MR) is 63.7 cm³/mol. The van der Waals surface area contributed by atoms with E-state index in [9.17, 15) is 4.79 Å². The number of hydrogen-bond donors (Lipinski definition) is 2. The third-order valence-electron chi connectivity index (χ3n) is 2.71. The second kappa shape index (κ2) is 4.74. The minimum Gasteiger partial charge on any atom is -0.478 e. The summed E-state index contributed by atoms with van der Waals surface area (Å²) in [5, 5.41) is 10.1. The van der Waals surface area contributed by atoms with Gasteiger partial charge in [-0.05, 0) is 18.9 Å². The molecule has 5 heteroatoms. The Labute approximate surface area is 98.3 Å². The monoisotopic (exact) mass is 238 g/mol. The molecule has 0 atom stereocenters. The zero-order chi connectivity index (χ0) is 11.5. The highest BCUT2D eigenvalue weighted by atomic mass is 32.2. The lowest BCUT2D eigenvalue weighted by Gasteiger charge is -2.09. The lowest BCUT2D eigenvalue weighted by Crippen LogP contribution is -2.03. The van der Waals surface area contributed by atoms with Crippen molar-refractivity contribution in [3.05, 3.63) is 17.8 Å². The Balaban J connectivity index is 2.12. The predicted octanol–water partition coefficient (Wildman–Crippen LogP) is 2.40. The number of nitrogens with two attached hydrogens (primary N) is 1. The first-order chi connectivity index (χ1) is 7.66. The van der Waals surface area contributed by atoms with Crippen LogP contribution in [0.25, 0.3) is 0 Å². The molecule has 1 aromatic rings. The molecule has 0 unspecified atom stereocenters. The van der Waals surface area contributed by atoms with Gasteiger partial charge in [0.1, 0.15) is 5.03 Å². The molecule has 0 aromatic carbocycles. The van der Waals surface area contributed by atoms with Crippen molar-refractivity contribution in [2.24, 2.45) is 0 Å². The first-order valence-electron chi connectivity index (χ1n) is 5.32. The number of nitrogens with zero attached hydrogens (tertiary/aromatic N) is 1. The highest BCUT2D eigenvalue weighted by molar-refractivity contribution is 8.00. The summed E-state index contributed by atoms with van der Waals surface area (Å²) >= 11 is 1.67. The third-order valence-corrected chi connectivity index (χ3v) is 4.08. The van der Waals surface area contributed by atoms with Crippen LogP contribution in [-0.4, -0.2) is 21.3 Å². The molecule has 2 rings (SSSR count). The fourth-order valence-corrected chi connectivity index (χ4v) is 3.04. The van der Waals surface area contributed by atoms with Crippen LogP contribution in [0.15, 0.2) is 17.3 Å². The van der Waals surface area contributed by atoms with Crippen LogP contribution in [0.4, 0.5) is 5.69 Å². The number of nitrogen functional groups attached to an aromatic ring is 1. The van der Waals surface area contributed by atoms with Gasteiger partial charge in [-0.1, -0.05) is 12.8 Å². The molecule has 1 saturated carbocycles. The number of thioether (sulfide) groups is 1. The molecular formula is C11H14N2O2S. The Morgan fingerprint density at radius 3 is 2.75 bits per heavy atom. The molecular weight excluding hydrogens is 224 g/mol. The van der Waals surface area contributed by atoms with E-state index in [1.165, 1.54) is 37.9 Å². The van der Waals surface area contributed by atoms with Crippen molar-refractivity contribution in [3.63, 3.8) is 0 Å². The minimum absolute atomic E-state index is 0.147. The number of anilines is 1. The largest absolute Gasteiger partial charge is 0.478 e. The number of aromatic nitrogens is 1. The molecule has 3 N–H and O–H groups in total. The molecule has 0 radical (unpaired) electrons. The number of carboxylic acid groups (broad SMARTS) is 1. The van der Waals surface area contributed by atoms with Gasteiger partial charge >= 0.3 is 5.97 Å². The van der Waals surface area contributed by atoms with Gasteiger partial charge in [0.2, 0.25) is 0 Å². The second-order valence-corrected chi connectivity index (χ2v) is 5.24. The molecule has 0 bridgehead atoms. The first-order valence-corrected chi connectivity index (χ1v) is 6.20. The van der Waals surface area contributed by atoms with E-state index >= 15 is 0 Å². The van der Waals surface area contributed by atoms with Crippen LogP contribution in [0, 0.1) is 0 Å². The number of rotatable bonds is 3. The van der Waals surface area contributed by atoms with E-state index in [2.05, 4.69) is 4.98 Å². The molecule has 1 aliphatic rings. The Bertz CT molecular complexity index is 403. The highest BCUT2D eigenvalue weighted by Crippen LogP contribution is 2.36. The molecule has 0 aliphatic heterocycles. The smallest absolute Gasteiger partial charge is 0.337 e. The lowest BCUT2D eigenvalue weighted by molar-refractivity contribution is 0.0696. The standard InChI is InChI=1S/C11H14N2O2S/c12-9-5-7(11(14)15)6-13-10(9)16-8-3-1-2-4-8/h5-6,8H,1-4,12H2,(H,14,15). The molecule has 0 spiro atoms. The van der Waals surface area contributed by atoms with Gasteiger partial charge in [-0.3, -0.25) is 0 Å². The summed E-state index contributed by atoms with van der Waals surface area (Å²) in [5.41, 5.74) is 6.41. The van der Waals surface area contributed by atoms with Crippen LogP contribution >= 0.6 is 11.8 Å². The molecule has 4 nitrogen and oxygen atoms in total. The summed E-state index contributed by atoms with van der Waals surface area (Å²) in [6.07, 6.45) is 6.31. The van der Waals surface area contributed by atoms with Crippen LogP contribution in [-0.2, 0) is 0 Å². The SMILES string of the molecule is Nc1cc(C(=O)O)cnc1SC1CCCC1. The van der Waals surface area contributed by atoms with Gasteiger partial charge in [0.25, 0.3) is 0 Å². The van der Waals surface area contributed by atoms with Gasteiger partial charge < -0.3 is 10.8 Å². The summed E-state index contributed by atoms with van der Waals surface area (Å²) < 4.78 is 0. The Hall–Kier alpha value is -1.23. The summed E-state index contributed by atoms with van der Waals surface area (Å²) in [4.78, 5) is 14.8. The van der Waals surface area contributed by atoms with Gasteiger partial charge in [-0.15, -0.1) is 11.8 Å². The van der Waals surface area contributed by atoms with Crippen molar-refractivity contribution >= 4 is 23.4 Å². The van der Waals surface area contributed by atoms with Gasteiger partial charge in [0.15, 0.2) is 0 Å². The van der Waals surface area contributed by atoms with E-state index in [0.717, 1.165) is 5.03 Å². The average Bonchev–Trinajstić information content (AvgIpc) is 2.73. The summed E-state index contributed by atoms with van der Waals surface area (Å²) in [6, 6.07) is 1.48. The minimum atomic E-state index is -0.989. The van der Waals surface area contributed by atoms with Crippen LogP contribution in [0.2, 0.25) is 0 Å². The fourth-order valence-electron chi connectivity index (χ4n) is 1.85. The third kappa shape index (κ3) is 2.47. The molecule has 1 aliphatic carbocycles. The molecule has 1 fully saturated rings. The maximum Gasteiger partial charge on any atom is 0.337 e. The van der Waals surface area contributed by atoms with Gasteiger partial charge in [0.05, 0.1) is 11.3 Å². The molecule has 16 heavy (non-hydrogen) atoms. The maximum atomic E-state index is 10.7. The Kier molecular flexibility index (Phi) is 3.33. The van der Waals surface area contributed by atoms with Gasteiger partial charge in [-0.25, -0.2) is 9.78 Å². The number of pyridine rings is 1. The maximum absolute atomic E-state index is 10.7. The normalized spacial score (nSPS) is 16.5. The van der Waals surface area contributed by atoms with Gasteiger partial charge in [0, 0.05) is 11.4 Å². The molecule has 1 heterocycles. The summed E-state index contributed by atoms with van der Waals surface area (Å²) in [7, 11) is 0. The van der Waals surface area contributed by atoms with E-state index < -0.39 is 5.97 Å². The summed E-state index contributed by atoms with van der Waals surface area (Å²) in [5.74, 6) is -0.989. The van der Waals surface area contributed by atoms with Crippen molar-refractivity contribution < 1.29 is 9.90 Å². The van der Waals surface area contributed by atoms with E-state index in [1.807, 2.05) is 0 Å². The number of carbonyl (C=O) groups is 1. The molecule has 0 saturated heterocycles. The van der Waals surface area contributed by atoms with Crippen molar-refractivity contribution in [3.8, 4) is 0 Å². The van der Waals surface area contributed by atoms with Crippen LogP contribution in [0.1, 0.15) is 36.0 Å². The second-order valence-electron chi connectivity index (χ2n) is 3.95. The van der Waals surface area contributed by atoms with E-state index in [1.54, 1.807) is 11.8 Å². The molecule has 1 aromatic heterocycles. The van der Waals surface area contributed by atoms with E-state index in [0.29, 0.717) is 10.9 Å². The van der Waals surface area contributed by atoms with Crippen molar-refractivity contribution in [2.45, 2.75) is 36.0 Å². The lowest BCUT2D eigenvalue weighted by atomic mass is 10.3. The summed E-state index contributed by atoms with van der Waals surface area (Å²) in [6.45, 7) is 0. The van der Waals surface area contributed by atoms with Crippen molar-refractivity contribution in [1.29, 1.82) is 0 Å². The average molecular weight is 238 g/mol. The zero-order valence-corrected chi connectivity index (χ0v) is 9.67. The number of hydrogen-bond acceptors (Lipinski definition) is 4. The topological polar surface area (TPSA) is 76.2 Å². The van der Waals surface area contributed by atoms with Crippen LogP contribution in [0.3, 0.4) is 0 Å². The van der Waals surface area contributed by atoms with Crippen LogP contribution in [0.5, 0.6) is 0 Å². The van der Waals surface area contributed by atoms with Crippen molar-refractivity contribution in [1.82, 2.24) is 4.98 Å². The van der Waals surface area contributed by atoms with E-state index in [-0.39, 0.29) is 5.56 Å². The first kappa shape index (κ1) is 11.3. The fraction of sp³-hybridized carbons (Fsp3) is 0.455. The number of carboxylic acids is 1. The Morgan fingerprint density at radius 2 is 2.19 bits per heavy atom. The highest BCUT2D eigenvalue weighted by Gasteiger charge is 2.18. The Morgan fingerprint density at radius 1 is 1.50 bits per heavy atom. The zero-order valence-electron chi connectivity index (χ0n) is 8.85. The van der Waals surface area contributed by atoms with Crippen LogP contribution < -0.4 is 5.73 Å². The molecule has 0 amide bonds. The van der Waals surface area contributed by atoms with E-state index in [4.69, 9.17) is 10.8 Å². The van der Waals surface area contributed by atoms with Gasteiger partial charge in [-0.2, -0.15) is 0 Å². The number of aromatic carboxylic acids is 1.